The van der Waals surface area contributed by atoms with Gasteiger partial charge in [-0.2, -0.15) is 9.97 Å². The van der Waals surface area contributed by atoms with Crippen LogP contribution in [-0.2, 0) is 13.0 Å². The summed E-state index contributed by atoms with van der Waals surface area (Å²) in [6.07, 6.45) is 5.83. The van der Waals surface area contributed by atoms with Crippen molar-refractivity contribution in [2.45, 2.75) is 56.8 Å². The van der Waals surface area contributed by atoms with Crippen molar-refractivity contribution in [3.63, 3.8) is 0 Å². The molecule has 4 aliphatic heterocycles. The highest BCUT2D eigenvalue weighted by molar-refractivity contribution is 6.35. The number of rotatable bonds is 5. The zero-order valence-electron chi connectivity index (χ0n) is 21.5. The summed E-state index contributed by atoms with van der Waals surface area (Å²) in [5.74, 6) is 1.10. The summed E-state index contributed by atoms with van der Waals surface area (Å²) in [6, 6.07) is 14.7. The van der Waals surface area contributed by atoms with Crippen LogP contribution in [0.5, 0.6) is 6.01 Å². The van der Waals surface area contributed by atoms with Crippen molar-refractivity contribution in [3.05, 3.63) is 52.7 Å². The summed E-state index contributed by atoms with van der Waals surface area (Å²) < 4.78 is 6.31. The van der Waals surface area contributed by atoms with E-state index in [1.165, 1.54) is 42.3 Å². The van der Waals surface area contributed by atoms with Gasteiger partial charge in [0.1, 0.15) is 12.4 Å². The van der Waals surface area contributed by atoms with Crippen LogP contribution in [0.3, 0.4) is 0 Å². The molecule has 0 saturated carbocycles. The average Bonchev–Trinajstić information content (AvgIpc) is 3.49. The number of likely N-dealkylation sites (tertiary alicyclic amines) is 1. The molecule has 194 valence electrons. The van der Waals surface area contributed by atoms with Gasteiger partial charge in [-0.15, -0.1) is 0 Å². The SMILES string of the molecule is CN1CCC[C@H]1COc1nc2c(c(N3C[C@H]4CC[C@@H](C3)N4)n1)CCN(c1cccc3c(Cl)cccc13)C2. The Morgan fingerprint density at radius 2 is 1.78 bits per heavy atom. The van der Waals surface area contributed by atoms with Crippen molar-refractivity contribution < 1.29 is 4.74 Å². The van der Waals surface area contributed by atoms with Gasteiger partial charge < -0.3 is 24.8 Å². The second-order valence-electron chi connectivity index (χ2n) is 11.2. The number of piperazine rings is 1. The maximum atomic E-state index is 6.53. The van der Waals surface area contributed by atoms with Crippen molar-refractivity contribution in [3.8, 4) is 6.01 Å². The summed E-state index contributed by atoms with van der Waals surface area (Å²) in [5, 5.41) is 6.84. The Morgan fingerprint density at radius 3 is 2.59 bits per heavy atom. The van der Waals surface area contributed by atoms with E-state index in [1.807, 2.05) is 12.1 Å². The quantitative estimate of drug-likeness (QED) is 0.541. The Bertz CT molecular complexity index is 1310. The summed E-state index contributed by atoms with van der Waals surface area (Å²) in [7, 11) is 2.19. The number of nitrogens with one attached hydrogen (secondary N) is 1. The molecule has 1 N–H and O–H groups in total. The van der Waals surface area contributed by atoms with Crippen LogP contribution in [-0.4, -0.2) is 72.8 Å². The van der Waals surface area contributed by atoms with Gasteiger partial charge in [-0.3, -0.25) is 0 Å². The topological polar surface area (TPSA) is 56.8 Å². The molecule has 0 amide bonds. The van der Waals surface area contributed by atoms with E-state index in [4.69, 9.17) is 26.3 Å². The molecule has 7 rings (SSSR count). The van der Waals surface area contributed by atoms with Gasteiger partial charge in [0, 0.05) is 64.8 Å². The van der Waals surface area contributed by atoms with Gasteiger partial charge in [0.05, 0.1) is 12.2 Å². The van der Waals surface area contributed by atoms with E-state index in [-0.39, 0.29) is 0 Å². The molecule has 1 aromatic heterocycles. The lowest BCUT2D eigenvalue weighted by Gasteiger charge is -2.37. The van der Waals surface area contributed by atoms with Crippen LogP contribution in [0.25, 0.3) is 10.8 Å². The lowest BCUT2D eigenvalue weighted by Crippen LogP contribution is -2.52. The van der Waals surface area contributed by atoms with Crippen LogP contribution < -0.4 is 19.9 Å². The third-order valence-corrected chi connectivity index (χ3v) is 9.13. The lowest BCUT2D eigenvalue weighted by atomic mass is 10.0. The molecule has 0 unspecified atom stereocenters. The highest BCUT2D eigenvalue weighted by Gasteiger charge is 2.35. The molecular weight excluding hydrogens is 484 g/mol. The van der Waals surface area contributed by atoms with E-state index >= 15 is 0 Å². The van der Waals surface area contributed by atoms with Crippen molar-refractivity contribution in [1.29, 1.82) is 0 Å². The molecule has 37 heavy (non-hydrogen) atoms. The predicted octanol–water partition coefficient (Wildman–Crippen LogP) is 4.26. The van der Waals surface area contributed by atoms with Crippen molar-refractivity contribution in [1.82, 2.24) is 20.2 Å². The van der Waals surface area contributed by atoms with Gasteiger partial charge in [0.25, 0.3) is 0 Å². The summed E-state index contributed by atoms with van der Waals surface area (Å²) in [6.45, 7) is 5.48. The van der Waals surface area contributed by atoms with Crippen LogP contribution in [0.15, 0.2) is 36.4 Å². The first-order valence-corrected chi connectivity index (χ1v) is 14.2. The number of ether oxygens (including phenoxy) is 1. The third-order valence-electron chi connectivity index (χ3n) is 8.80. The zero-order valence-corrected chi connectivity index (χ0v) is 22.3. The lowest BCUT2D eigenvalue weighted by molar-refractivity contribution is 0.187. The Hall–Kier alpha value is -2.61. The second-order valence-corrected chi connectivity index (χ2v) is 11.6. The first-order valence-electron chi connectivity index (χ1n) is 13.8. The first-order chi connectivity index (χ1) is 18.1. The van der Waals surface area contributed by atoms with Crippen LogP contribution in [0.1, 0.15) is 36.9 Å². The highest BCUT2D eigenvalue weighted by atomic mass is 35.5. The zero-order chi connectivity index (χ0) is 24.9. The largest absolute Gasteiger partial charge is 0.462 e. The van der Waals surface area contributed by atoms with Gasteiger partial charge in [-0.25, -0.2) is 0 Å². The fourth-order valence-electron chi connectivity index (χ4n) is 6.78. The smallest absolute Gasteiger partial charge is 0.318 e. The maximum absolute atomic E-state index is 6.53. The van der Waals surface area contributed by atoms with Gasteiger partial charge in [-0.05, 0) is 57.8 Å². The van der Waals surface area contributed by atoms with E-state index in [2.05, 4.69) is 51.3 Å². The van der Waals surface area contributed by atoms with Crippen molar-refractivity contribution in [2.75, 3.05) is 49.6 Å². The molecule has 3 aromatic rings. The molecule has 4 aliphatic rings. The highest BCUT2D eigenvalue weighted by Crippen LogP contribution is 2.37. The molecule has 7 nitrogen and oxygen atoms in total. The number of halogens is 1. The molecule has 8 heteroatoms. The van der Waals surface area contributed by atoms with E-state index < -0.39 is 0 Å². The average molecular weight is 519 g/mol. The molecular formula is C29H35ClN6O. The van der Waals surface area contributed by atoms with Crippen LogP contribution in [0.2, 0.25) is 5.02 Å². The maximum Gasteiger partial charge on any atom is 0.318 e. The summed E-state index contributed by atoms with van der Waals surface area (Å²) >= 11 is 6.53. The van der Waals surface area contributed by atoms with E-state index in [0.29, 0.717) is 30.7 Å². The third kappa shape index (κ3) is 4.41. The molecule has 2 aromatic carbocycles. The number of fused-ring (bicyclic) bond motifs is 4. The molecule has 0 spiro atoms. The van der Waals surface area contributed by atoms with Crippen LogP contribution in [0.4, 0.5) is 11.5 Å². The van der Waals surface area contributed by atoms with Gasteiger partial charge in [-0.1, -0.05) is 35.9 Å². The fourth-order valence-corrected chi connectivity index (χ4v) is 7.02. The Labute approximate surface area is 223 Å². The summed E-state index contributed by atoms with van der Waals surface area (Å²) in [4.78, 5) is 17.4. The Kier molecular flexibility index (Phi) is 6.10. The number of aromatic nitrogens is 2. The molecule has 3 fully saturated rings. The summed E-state index contributed by atoms with van der Waals surface area (Å²) in [5.41, 5.74) is 3.60. The van der Waals surface area contributed by atoms with Crippen LogP contribution in [0, 0.1) is 0 Å². The molecule has 2 bridgehead atoms. The molecule has 0 radical (unpaired) electrons. The molecule has 3 saturated heterocycles. The van der Waals surface area contributed by atoms with Gasteiger partial charge >= 0.3 is 6.01 Å². The predicted molar refractivity (Wildman–Crippen MR) is 149 cm³/mol. The second kappa shape index (κ2) is 9.61. The number of benzene rings is 2. The molecule has 5 heterocycles. The number of anilines is 2. The Balaban J connectivity index is 1.22. The number of hydrogen-bond donors (Lipinski definition) is 1. The van der Waals surface area contributed by atoms with E-state index in [0.717, 1.165) is 61.1 Å². The van der Waals surface area contributed by atoms with Crippen LogP contribution >= 0.6 is 11.6 Å². The monoisotopic (exact) mass is 518 g/mol. The van der Waals surface area contributed by atoms with Gasteiger partial charge in [0.2, 0.25) is 0 Å². The van der Waals surface area contributed by atoms with Crippen molar-refractivity contribution >= 4 is 33.9 Å². The minimum atomic E-state index is 0.440. The minimum absolute atomic E-state index is 0.440. The minimum Gasteiger partial charge on any atom is -0.462 e. The number of likely N-dealkylation sites (N-methyl/N-ethyl adjacent to an activating group) is 1. The molecule has 3 atom stereocenters. The normalized spacial score (nSPS) is 25.6. The van der Waals surface area contributed by atoms with E-state index in [9.17, 15) is 0 Å². The standard InChI is InChI=1S/C29H35ClN6O/c1-34-13-4-5-21(34)18-37-29-32-26-17-35(27-9-3-6-22-23(27)7-2-8-25(22)30)14-12-24(26)28(33-29)36-15-19-10-11-20(16-36)31-19/h2-3,6-9,19-21,31H,4-5,10-18H2,1H3/t19-,20+,21-/m0/s1. The van der Waals surface area contributed by atoms with Gasteiger partial charge in [0.15, 0.2) is 0 Å². The molecule has 0 aliphatic carbocycles. The Morgan fingerprint density at radius 1 is 0.973 bits per heavy atom. The first kappa shape index (κ1) is 23.5. The van der Waals surface area contributed by atoms with E-state index in [1.54, 1.807) is 0 Å². The van der Waals surface area contributed by atoms with Crippen molar-refractivity contribution in [2.24, 2.45) is 0 Å². The number of nitrogens with zero attached hydrogens (tertiary/aromatic N) is 5. The number of hydrogen-bond acceptors (Lipinski definition) is 7. The fraction of sp³-hybridized carbons (Fsp3) is 0.517.